The molecule has 2 heteroatoms. The van der Waals surface area contributed by atoms with Gasteiger partial charge in [0, 0.05) is 0 Å². The fraction of sp³-hybridized carbons (Fsp3) is 0.250. The van der Waals surface area contributed by atoms with Gasteiger partial charge in [-0.2, -0.15) is 0 Å². The molecule has 0 unspecified atom stereocenters. The van der Waals surface area contributed by atoms with Crippen molar-refractivity contribution >= 4 is 13.0 Å². The minimum Gasteiger partial charge on any atom is -0.335 e. The summed E-state index contributed by atoms with van der Waals surface area (Å²) in [6.45, 7) is 3.89. The molecule has 0 nitrogen and oxygen atoms in total. The van der Waals surface area contributed by atoms with E-state index in [0.29, 0.717) is 13.0 Å². The van der Waals surface area contributed by atoms with Gasteiger partial charge >= 0.3 is 7.56 Å². The normalized spacial score (nSPS) is 9.50. The van der Waals surface area contributed by atoms with E-state index in [1.165, 1.54) is 0 Å². The molecule has 1 radical (unpaired) electrons. The Kier molecular flexibility index (Phi) is 2.10. The number of benzene rings is 1. The summed E-state index contributed by atoms with van der Waals surface area (Å²) in [6.07, 6.45) is 0. The summed E-state index contributed by atoms with van der Waals surface area (Å²) in [5.41, 5.74) is 2.83. The average Bonchev–Trinajstić information content (AvgIpc) is 1.95. The lowest BCUT2D eigenvalue weighted by molar-refractivity contribution is 0.884. The van der Waals surface area contributed by atoms with E-state index in [1.807, 2.05) is 26.0 Å². The third-order valence-electron chi connectivity index (χ3n) is 1.76. The highest BCUT2D eigenvalue weighted by molar-refractivity contribution is 6.46. The van der Waals surface area contributed by atoms with Crippen molar-refractivity contribution in [3.8, 4) is 0 Å². The fourth-order valence-electron chi connectivity index (χ4n) is 0.892. The van der Waals surface area contributed by atoms with Gasteiger partial charge in [0.1, 0.15) is 0 Å². The lowest BCUT2D eigenvalue weighted by Crippen LogP contribution is -2.14. The minimum absolute atomic E-state index is 0.641. The lowest BCUT2D eigenvalue weighted by Gasteiger charge is -2.01. The standard InChI is InChI=1S/C8H9BF/c1-6-4-3-5-8(9-10)7(6)2/h3-5H,1-2H3. The molecule has 0 fully saturated rings. The molecule has 1 aromatic rings. The summed E-state index contributed by atoms with van der Waals surface area (Å²) >= 11 is 0. The topological polar surface area (TPSA) is 0 Å². The second-order valence-electron chi connectivity index (χ2n) is 2.40. The van der Waals surface area contributed by atoms with Crippen molar-refractivity contribution in [2.75, 3.05) is 0 Å². The molecule has 51 valence electrons. The van der Waals surface area contributed by atoms with Crippen LogP contribution in [0, 0.1) is 13.8 Å². The Morgan fingerprint density at radius 1 is 1.30 bits per heavy atom. The van der Waals surface area contributed by atoms with Crippen LogP contribution in [0.2, 0.25) is 0 Å². The number of halogens is 1. The zero-order valence-corrected chi connectivity index (χ0v) is 6.19. The van der Waals surface area contributed by atoms with Crippen molar-refractivity contribution in [1.29, 1.82) is 0 Å². The fourth-order valence-corrected chi connectivity index (χ4v) is 0.892. The van der Waals surface area contributed by atoms with Gasteiger partial charge in [-0.25, -0.2) is 0 Å². The van der Waals surface area contributed by atoms with Crippen molar-refractivity contribution < 1.29 is 4.32 Å². The van der Waals surface area contributed by atoms with Gasteiger partial charge in [-0.1, -0.05) is 23.8 Å². The van der Waals surface area contributed by atoms with Crippen LogP contribution < -0.4 is 5.46 Å². The van der Waals surface area contributed by atoms with Crippen molar-refractivity contribution in [3.05, 3.63) is 29.3 Å². The molecule has 0 bridgehead atoms. The predicted octanol–water partition coefficient (Wildman–Crippen LogP) is 1.52. The maximum Gasteiger partial charge on any atom is 0.392 e. The van der Waals surface area contributed by atoms with Gasteiger partial charge < -0.3 is 4.32 Å². The second-order valence-corrected chi connectivity index (χ2v) is 2.40. The van der Waals surface area contributed by atoms with Gasteiger partial charge in [0.05, 0.1) is 0 Å². The first-order chi connectivity index (χ1) is 4.75. The first-order valence-electron chi connectivity index (χ1n) is 3.25. The first-order valence-corrected chi connectivity index (χ1v) is 3.25. The zero-order chi connectivity index (χ0) is 7.56. The molecular formula is C8H9BF. The maximum atomic E-state index is 12.0. The molecule has 0 N–H and O–H groups in total. The van der Waals surface area contributed by atoms with E-state index in [0.717, 1.165) is 11.1 Å². The third kappa shape index (κ3) is 1.20. The van der Waals surface area contributed by atoms with Crippen LogP contribution in [-0.4, -0.2) is 7.56 Å². The van der Waals surface area contributed by atoms with Crippen molar-refractivity contribution in [1.82, 2.24) is 0 Å². The van der Waals surface area contributed by atoms with Crippen molar-refractivity contribution in [2.45, 2.75) is 13.8 Å². The number of aryl methyl sites for hydroxylation is 1. The van der Waals surface area contributed by atoms with Gasteiger partial charge in [-0.3, -0.25) is 0 Å². The SMILES string of the molecule is Cc1cccc([B]F)c1C. The van der Waals surface area contributed by atoms with Crippen LogP contribution in [0.3, 0.4) is 0 Å². The Morgan fingerprint density at radius 3 is 2.50 bits per heavy atom. The number of rotatable bonds is 1. The van der Waals surface area contributed by atoms with E-state index >= 15 is 0 Å². The molecule has 10 heavy (non-hydrogen) atoms. The van der Waals surface area contributed by atoms with E-state index in [-0.39, 0.29) is 0 Å². The maximum absolute atomic E-state index is 12.0. The Balaban J connectivity index is 3.14. The van der Waals surface area contributed by atoms with E-state index in [1.54, 1.807) is 6.07 Å². The summed E-state index contributed by atoms with van der Waals surface area (Å²) in [5.74, 6) is 0. The van der Waals surface area contributed by atoms with Crippen LogP contribution in [0.15, 0.2) is 18.2 Å². The highest BCUT2D eigenvalue weighted by Crippen LogP contribution is 2.01. The van der Waals surface area contributed by atoms with Crippen molar-refractivity contribution in [2.24, 2.45) is 0 Å². The molecule has 0 amide bonds. The molecule has 0 spiro atoms. The van der Waals surface area contributed by atoms with Crippen LogP contribution in [-0.2, 0) is 0 Å². The molecule has 1 rings (SSSR count). The van der Waals surface area contributed by atoms with E-state index in [9.17, 15) is 4.32 Å². The smallest absolute Gasteiger partial charge is 0.335 e. The van der Waals surface area contributed by atoms with Crippen LogP contribution in [0.1, 0.15) is 11.1 Å². The van der Waals surface area contributed by atoms with Gasteiger partial charge in [0.15, 0.2) is 0 Å². The summed E-state index contributed by atoms with van der Waals surface area (Å²) in [4.78, 5) is 0. The molecule has 0 aliphatic rings. The molecule has 0 saturated heterocycles. The van der Waals surface area contributed by atoms with Crippen LogP contribution >= 0.6 is 0 Å². The van der Waals surface area contributed by atoms with Gasteiger partial charge in [-0.15, -0.1) is 0 Å². The summed E-state index contributed by atoms with van der Waals surface area (Å²) in [6, 6.07) is 5.60. The number of hydrogen-bond donors (Lipinski definition) is 0. The average molecular weight is 135 g/mol. The zero-order valence-electron chi connectivity index (χ0n) is 6.19. The van der Waals surface area contributed by atoms with Gasteiger partial charge in [0.2, 0.25) is 0 Å². The Hall–Kier alpha value is -0.785. The molecule has 0 aliphatic carbocycles. The van der Waals surface area contributed by atoms with E-state index in [4.69, 9.17) is 0 Å². The largest absolute Gasteiger partial charge is 0.392 e. The summed E-state index contributed by atoms with van der Waals surface area (Å²) < 4.78 is 12.0. The Labute approximate surface area is 61.4 Å². The lowest BCUT2D eigenvalue weighted by atomic mass is 9.85. The van der Waals surface area contributed by atoms with Crippen molar-refractivity contribution in [3.63, 3.8) is 0 Å². The molecule has 0 aliphatic heterocycles. The van der Waals surface area contributed by atoms with Gasteiger partial charge in [-0.05, 0) is 24.9 Å². The van der Waals surface area contributed by atoms with E-state index in [2.05, 4.69) is 0 Å². The van der Waals surface area contributed by atoms with Gasteiger partial charge in [0.25, 0.3) is 0 Å². The van der Waals surface area contributed by atoms with Crippen LogP contribution in [0.5, 0.6) is 0 Å². The third-order valence-corrected chi connectivity index (χ3v) is 1.76. The minimum atomic E-state index is 0.641. The Bertz CT molecular complexity index is 233. The molecule has 0 saturated carbocycles. The summed E-state index contributed by atoms with van der Waals surface area (Å²) in [5, 5.41) is 0. The Morgan fingerprint density at radius 2 is 2.00 bits per heavy atom. The highest BCUT2D eigenvalue weighted by atomic mass is 19.1. The predicted molar refractivity (Wildman–Crippen MR) is 42.4 cm³/mol. The molecular weight excluding hydrogens is 126 g/mol. The molecule has 0 aromatic heterocycles. The molecule has 0 heterocycles. The molecule has 0 atom stereocenters. The van der Waals surface area contributed by atoms with Crippen LogP contribution in [0.25, 0.3) is 0 Å². The highest BCUT2D eigenvalue weighted by Gasteiger charge is 2.00. The molecule has 1 aromatic carbocycles. The quantitative estimate of drug-likeness (QED) is 0.512. The van der Waals surface area contributed by atoms with E-state index < -0.39 is 0 Å². The monoisotopic (exact) mass is 135 g/mol. The summed E-state index contributed by atoms with van der Waals surface area (Å²) in [7, 11) is 0.641. The van der Waals surface area contributed by atoms with Crippen LogP contribution in [0.4, 0.5) is 4.32 Å². The second kappa shape index (κ2) is 2.87. The first kappa shape index (κ1) is 7.32. The number of hydrogen-bond acceptors (Lipinski definition) is 0.